The minimum absolute atomic E-state index is 0.143. The van der Waals surface area contributed by atoms with Crippen LogP contribution in [0.15, 0.2) is 29.1 Å². The molecule has 0 unspecified atom stereocenters. The van der Waals surface area contributed by atoms with Crippen LogP contribution in [-0.4, -0.2) is 22.8 Å². The van der Waals surface area contributed by atoms with Gasteiger partial charge < -0.3 is 14.4 Å². The number of carboxylic acid groups (broad SMARTS) is 1. The largest absolute Gasteiger partial charge is 0.497 e. The van der Waals surface area contributed by atoms with Crippen molar-refractivity contribution >= 4 is 16.9 Å². The van der Waals surface area contributed by atoms with Crippen LogP contribution in [-0.2, 0) is 17.8 Å². The summed E-state index contributed by atoms with van der Waals surface area (Å²) in [5, 5.41) is 9.67. The van der Waals surface area contributed by atoms with Gasteiger partial charge in [-0.15, -0.1) is 0 Å². The molecule has 5 heteroatoms. The first-order chi connectivity index (χ1) is 10.1. The van der Waals surface area contributed by atoms with Crippen LogP contribution in [0, 0.1) is 5.92 Å². The number of hydrogen-bond donors (Lipinski definition) is 1. The molecule has 2 aromatic rings. The molecule has 1 aromatic carbocycles. The maximum Gasteiger partial charge on any atom is 0.309 e. The molecule has 110 valence electrons. The van der Waals surface area contributed by atoms with Crippen molar-refractivity contribution in [2.45, 2.75) is 25.8 Å². The number of aromatic nitrogens is 1. The zero-order valence-electron chi connectivity index (χ0n) is 11.8. The number of ether oxygens (including phenoxy) is 1. The van der Waals surface area contributed by atoms with Gasteiger partial charge in [0.2, 0.25) is 0 Å². The molecule has 1 aliphatic carbocycles. The fourth-order valence-electron chi connectivity index (χ4n) is 2.61. The van der Waals surface area contributed by atoms with Gasteiger partial charge in [-0.05, 0) is 30.9 Å². The Bertz CT molecular complexity index is 759. The fraction of sp³-hybridized carbons (Fsp3) is 0.375. The number of rotatable bonds is 5. The van der Waals surface area contributed by atoms with Crippen molar-refractivity contribution in [2.75, 3.05) is 7.11 Å². The predicted octanol–water partition coefficient (Wildman–Crippen LogP) is 2.05. The number of nitrogens with zero attached hydrogens (tertiary/aromatic N) is 1. The standard InChI is InChI=1S/C16H17NO4/c1-21-12-4-5-13-14(8-12)17(9-10-2-3-10)11(6-15(13)18)7-16(19)20/h4-6,8,10H,2-3,7,9H2,1H3,(H,19,20). The molecule has 0 saturated heterocycles. The first-order valence-electron chi connectivity index (χ1n) is 7.00. The van der Waals surface area contributed by atoms with Crippen LogP contribution in [0.5, 0.6) is 5.75 Å². The molecule has 0 aliphatic heterocycles. The third-order valence-electron chi connectivity index (χ3n) is 3.88. The Morgan fingerprint density at radius 3 is 2.76 bits per heavy atom. The zero-order valence-corrected chi connectivity index (χ0v) is 11.8. The molecule has 1 fully saturated rings. The van der Waals surface area contributed by atoms with E-state index in [4.69, 9.17) is 9.84 Å². The molecule has 0 spiro atoms. The molecular weight excluding hydrogens is 270 g/mol. The van der Waals surface area contributed by atoms with Crippen molar-refractivity contribution in [3.05, 3.63) is 40.2 Å². The third kappa shape index (κ3) is 2.77. The quantitative estimate of drug-likeness (QED) is 0.913. The zero-order chi connectivity index (χ0) is 15.0. The molecule has 3 rings (SSSR count). The Balaban J connectivity index is 2.23. The van der Waals surface area contributed by atoms with Crippen molar-refractivity contribution < 1.29 is 14.6 Å². The maximum atomic E-state index is 12.2. The lowest BCUT2D eigenvalue weighted by atomic mass is 10.1. The van der Waals surface area contributed by atoms with Gasteiger partial charge in [0.05, 0.1) is 19.0 Å². The minimum atomic E-state index is -0.929. The summed E-state index contributed by atoms with van der Waals surface area (Å²) in [6, 6.07) is 6.75. The molecule has 0 atom stereocenters. The van der Waals surface area contributed by atoms with Gasteiger partial charge in [-0.2, -0.15) is 0 Å². The van der Waals surface area contributed by atoms with E-state index < -0.39 is 5.97 Å². The first kappa shape index (κ1) is 13.7. The van der Waals surface area contributed by atoms with E-state index in [0.29, 0.717) is 22.7 Å². The van der Waals surface area contributed by atoms with E-state index in [1.807, 2.05) is 10.6 Å². The van der Waals surface area contributed by atoms with E-state index in [-0.39, 0.29) is 11.8 Å². The minimum Gasteiger partial charge on any atom is -0.497 e. The van der Waals surface area contributed by atoms with Crippen LogP contribution in [0.1, 0.15) is 18.5 Å². The third-order valence-corrected chi connectivity index (χ3v) is 3.88. The molecule has 1 saturated carbocycles. The monoisotopic (exact) mass is 287 g/mol. The second kappa shape index (κ2) is 5.24. The lowest BCUT2D eigenvalue weighted by Gasteiger charge is -2.16. The molecule has 1 aliphatic rings. The molecule has 0 bridgehead atoms. The topological polar surface area (TPSA) is 68.5 Å². The van der Waals surface area contributed by atoms with E-state index in [1.54, 1.807) is 19.2 Å². The number of carboxylic acids is 1. The molecule has 1 aromatic heterocycles. The number of methoxy groups -OCH3 is 1. The fourth-order valence-corrected chi connectivity index (χ4v) is 2.61. The second-order valence-corrected chi connectivity index (χ2v) is 5.51. The molecule has 21 heavy (non-hydrogen) atoms. The van der Waals surface area contributed by atoms with Gasteiger partial charge in [0.15, 0.2) is 5.43 Å². The summed E-state index contributed by atoms with van der Waals surface area (Å²) >= 11 is 0. The van der Waals surface area contributed by atoms with E-state index in [1.165, 1.54) is 6.07 Å². The maximum absolute atomic E-state index is 12.2. The van der Waals surface area contributed by atoms with E-state index in [0.717, 1.165) is 24.9 Å². The van der Waals surface area contributed by atoms with Gasteiger partial charge in [0.1, 0.15) is 5.75 Å². The number of hydrogen-bond acceptors (Lipinski definition) is 3. The smallest absolute Gasteiger partial charge is 0.309 e. The number of aliphatic carboxylic acids is 1. The normalized spacial score (nSPS) is 14.3. The average Bonchev–Trinajstić information content (AvgIpc) is 3.26. The summed E-state index contributed by atoms with van der Waals surface area (Å²) in [6.07, 6.45) is 2.17. The van der Waals surface area contributed by atoms with E-state index >= 15 is 0 Å². The van der Waals surface area contributed by atoms with Crippen LogP contribution >= 0.6 is 0 Å². The highest BCUT2D eigenvalue weighted by Gasteiger charge is 2.24. The number of carbonyl (C=O) groups is 1. The number of pyridine rings is 1. The summed E-state index contributed by atoms with van der Waals surface area (Å²) in [5.74, 6) is 0.314. The van der Waals surface area contributed by atoms with Gasteiger partial charge in [-0.3, -0.25) is 9.59 Å². The van der Waals surface area contributed by atoms with Crippen LogP contribution in [0.25, 0.3) is 10.9 Å². The molecule has 0 amide bonds. The van der Waals surface area contributed by atoms with Gasteiger partial charge >= 0.3 is 5.97 Å². The van der Waals surface area contributed by atoms with Crippen LogP contribution < -0.4 is 10.2 Å². The molecule has 1 heterocycles. The predicted molar refractivity (Wildman–Crippen MR) is 78.8 cm³/mol. The van der Waals surface area contributed by atoms with Crippen molar-refractivity contribution in [3.8, 4) is 5.75 Å². The van der Waals surface area contributed by atoms with Gasteiger partial charge in [0.25, 0.3) is 0 Å². The Hall–Kier alpha value is -2.30. The van der Waals surface area contributed by atoms with Crippen molar-refractivity contribution in [3.63, 3.8) is 0 Å². The molecule has 5 nitrogen and oxygen atoms in total. The number of benzene rings is 1. The average molecular weight is 287 g/mol. The lowest BCUT2D eigenvalue weighted by Crippen LogP contribution is -2.18. The van der Waals surface area contributed by atoms with Gasteiger partial charge in [0, 0.05) is 29.8 Å². The highest BCUT2D eigenvalue weighted by atomic mass is 16.5. The Kier molecular flexibility index (Phi) is 3.41. The Morgan fingerprint density at radius 2 is 2.14 bits per heavy atom. The summed E-state index contributed by atoms with van der Waals surface area (Å²) in [7, 11) is 1.58. The van der Waals surface area contributed by atoms with Gasteiger partial charge in [-0.1, -0.05) is 0 Å². The van der Waals surface area contributed by atoms with Crippen molar-refractivity contribution in [1.82, 2.24) is 4.57 Å². The molecule has 1 N–H and O–H groups in total. The SMILES string of the molecule is COc1ccc2c(=O)cc(CC(=O)O)n(CC3CC3)c2c1. The summed E-state index contributed by atoms with van der Waals surface area (Å²) in [4.78, 5) is 23.2. The summed E-state index contributed by atoms with van der Waals surface area (Å²) in [6.45, 7) is 0.757. The Labute approximate surface area is 121 Å². The Morgan fingerprint density at radius 1 is 1.38 bits per heavy atom. The van der Waals surface area contributed by atoms with Crippen LogP contribution in [0.3, 0.4) is 0 Å². The van der Waals surface area contributed by atoms with E-state index in [2.05, 4.69) is 0 Å². The van der Waals surface area contributed by atoms with E-state index in [9.17, 15) is 9.59 Å². The van der Waals surface area contributed by atoms with Crippen LogP contribution in [0.4, 0.5) is 0 Å². The van der Waals surface area contributed by atoms with Crippen molar-refractivity contribution in [1.29, 1.82) is 0 Å². The summed E-state index contributed by atoms with van der Waals surface area (Å²) < 4.78 is 7.19. The highest BCUT2D eigenvalue weighted by molar-refractivity contribution is 5.82. The summed E-state index contributed by atoms with van der Waals surface area (Å²) in [5.41, 5.74) is 1.17. The van der Waals surface area contributed by atoms with Crippen LogP contribution in [0.2, 0.25) is 0 Å². The van der Waals surface area contributed by atoms with Crippen molar-refractivity contribution in [2.24, 2.45) is 5.92 Å². The number of fused-ring (bicyclic) bond motifs is 1. The lowest BCUT2D eigenvalue weighted by molar-refractivity contribution is -0.136. The highest BCUT2D eigenvalue weighted by Crippen LogP contribution is 2.32. The molecule has 0 radical (unpaired) electrons. The van der Waals surface area contributed by atoms with Gasteiger partial charge in [-0.25, -0.2) is 0 Å². The molecular formula is C16H17NO4. The first-order valence-corrected chi connectivity index (χ1v) is 7.00. The second-order valence-electron chi connectivity index (χ2n) is 5.51.